The first-order chi connectivity index (χ1) is 13.8. The highest BCUT2D eigenvalue weighted by atomic mass is 32.1. The van der Waals surface area contributed by atoms with Crippen LogP contribution >= 0.6 is 11.3 Å². The van der Waals surface area contributed by atoms with Gasteiger partial charge in [-0.25, -0.2) is 9.18 Å². The fraction of sp³-hybridized carbons (Fsp3) is 0.350. The van der Waals surface area contributed by atoms with Gasteiger partial charge >= 0.3 is 5.97 Å². The number of halogens is 1. The molecule has 0 saturated carbocycles. The second-order valence-electron chi connectivity index (χ2n) is 6.87. The molecule has 29 heavy (non-hydrogen) atoms. The standard InChI is InChI=1S/C20H21FN2O5S/c1-11-2-7-14-15(8-11)29-20(18(14)19(22)26)23-16(24)9-28-17(25)10-27-13-5-3-12(21)4-6-13/h3-6,11H,2,7-10H2,1H3,(H2,22,26)(H,23,24)/t11-/m1/s1. The summed E-state index contributed by atoms with van der Waals surface area (Å²) in [5.74, 6) is -1.52. The van der Waals surface area contributed by atoms with E-state index in [-0.39, 0.29) is 0 Å². The van der Waals surface area contributed by atoms with Crippen molar-refractivity contribution in [3.8, 4) is 5.75 Å². The lowest BCUT2D eigenvalue weighted by atomic mass is 9.88. The molecule has 2 aromatic rings. The largest absolute Gasteiger partial charge is 0.482 e. The molecule has 154 valence electrons. The number of hydrogen-bond acceptors (Lipinski definition) is 6. The zero-order valence-electron chi connectivity index (χ0n) is 15.8. The highest BCUT2D eigenvalue weighted by Gasteiger charge is 2.27. The number of thiophene rings is 1. The maximum Gasteiger partial charge on any atom is 0.344 e. The third-order valence-corrected chi connectivity index (χ3v) is 5.72. The molecule has 1 aromatic carbocycles. The number of nitrogens with two attached hydrogens (primary N) is 1. The summed E-state index contributed by atoms with van der Waals surface area (Å²) in [7, 11) is 0. The van der Waals surface area contributed by atoms with E-state index in [0.29, 0.717) is 22.2 Å². The summed E-state index contributed by atoms with van der Waals surface area (Å²) in [4.78, 5) is 36.8. The van der Waals surface area contributed by atoms with Gasteiger partial charge in [-0.1, -0.05) is 6.92 Å². The van der Waals surface area contributed by atoms with Gasteiger partial charge in [0.1, 0.15) is 16.6 Å². The number of primary amides is 1. The van der Waals surface area contributed by atoms with E-state index in [1.807, 2.05) is 0 Å². The van der Waals surface area contributed by atoms with Crippen LogP contribution in [0.25, 0.3) is 0 Å². The van der Waals surface area contributed by atoms with Crippen molar-refractivity contribution in [2.75, 3.05) is 18.5 Å². The molecular formula is C20H21FN2O5S. The first-order valence-electron chi connectivity index (χ1n) is 9.11. The lowest BCUT2D eigenvalue weighted by Gasteiger charge is -2.18. The second kappa shape index (κ2) is 9.04. The summed E-state index contributed by atoms with van der Waals surface area (Å²) in [6.07, 6.45) is 2.55. The molecule has 3 rings (SSSR count). The molecule has 1 heterocycles. The Bertz CT molecular complexity index is 926. The lowest BCUT2D eigenvalue weighted by Crippen LogP contribution is -2.24. The Kier molecular flexibility index (Phi) is 6.48. The lowest BCUT2D eigenvalue weighted by molar-refractivity contribution is -0.149. The fourth-order valence-corrected chi connectivity index (χ4v) is 4.56. The molecule has 0 aliphatic heterocycles. The summed E-state index contributed by atoms with van der Waals surface area (Å²) in [5, 5.41) is 3.01. The topological polar surface area (TPSA) is 108 Å². The van der Waals surface area contributed by atoms with Crippen LogP contribution in [0.1, 0.15) is 34.1 Å². The number of amides is 2. The van der Waals surface area contributed by atoms with Crippen LogP contribution in [0.3, 0.4) is 0 Å². The van der Waals surface area contributed by atoms with E-state index in [1.54, 1.807) is 0 Å². The van der Waals surface area contributed by atoms with Crippen LogP contribution in [-0.4, -0.2) is 31.0 Å². The van der Waals surface area contributed by atoms with Crippen molar-refractivity contribution >= 4 is 34.1 Å². The van der Waals surface area contributed by atoms with Gasteiger partial charge in [0, 0.05) is 4.88 Å². The van der Waals surface area contributed by atoms with Gasteiger partial charge in [0.25, 0.3) is 11.8 Å². The zero-order chi connectivity index (χ0) is 21.0. The fourth-order valence-electron chi connectivity index (χ4n) is 3.12. The minimum atomic E-state index is -0.751. The Labute approximate surface area is 171 Å². The minimum Gasteiger partial charge on any atom is -0.482 e. The maximum atomic E-state index is 12.8. The predicted octanol–water partition coefficient (Wildman–Crippen LogP) is 2.67. The van der Waals surface area contributed by atoms with Gasteiger partial charge in [0.15, 0.2) is 13.2 Å². The number of carbonyl (C=O) groups is 3. The van der Waals surface area contributed by atoms with Gasteiger partial charge in [-0.3, -0.25) is 9.59 Å². The molecule has 0 saturated heterocycles. The van der Waals surface area contributed by atoms with E-state index in [0.717, 1.165) is 29.7 Å². The Morgan fingerprint density at radius 2 is 1.97 bits per heavy atom. The maximum absolute atomic E-state index is 12.8. The third kappa shape index (κ3) is 5.32. The summed E-state index contributed by atoms with van der Waals surface area (Å²) in [6, 6.07) is 5.15. The molecular weight excluding hydrogens is 399 g/mol. The molecule has 0 bridgehead atoms. The average Bonchev–Trinajstić information content (AvgIpc) is 3.02. The third-order valence-electron chi connectivity index (χ3n) is 4.55. The highest BCUT2D eigenvalue weighted by Crippen LogP contribution is 2.39. The van der Waals surface area contributed by atoms with Crippen molar-refractivity contribution in [3.63, 3.8) is 0 Å². The Morgan fingerprint density at radius 3 is 2.66 bits per heavy atom. The number of hydrogen-bond donors (Lipinski definition) is 2. The number of fused-ring (bicyclic) bond motifs is 1. The molecule has 2 amide bonds. The molecule has 0 fully saturated rings. The van der Waals surface area contributed by atoms with Gasteiger partial charge in [-0.15, -0.1) is 11.3 Å². The number of benzene rings is 1. The van der Waals surface area contributed by atoms with Crippen molar-refractivity contribution in [1.29, 1.82) is 0 Å². The van der Waals surface area contributed by atoms with Gasteiger partial charge in [0.05, 0.1) is 5.56 Å². The summed E-state index contributed by atoms with van der Waals surface area (Å²) < 4.78 is 22.9. The number of esters is 1. The highest BCUT2D eigenvalue weighted by molar-refractivity contribution is 7.17. The molecule has 7 nitrogen and oxygen atoms in total. The molecule has 1 aliphatic carbocycles. The van der Waals surface area contributed by atoms with Crippen LogP contribution in [0, 0.1) is 11.7 Å². The van der Waals surface area contributed by atoms with Crippen LogP contribution in [0.4, 0.5) is 9.39 Å². The van der Waals surface area contributed by atoms with Gasteiger partial charge in [-0.2, -0.15) is 0 Å². The summed E-state index contributed by atoms with van der Waals surface area (Å²) in [5.41, 5.74) is 6.76. The Morgan fingerprint density at radius 1 is 1.24 bits per heavy atom. The van der Waals surface area contributed by atoms with E-state index < -0.39 is 36.8 Å². The van der Waals surface area contributed by atoms with E-state index in [1.165, 1.54) is 35.6 Å². The summed E-state index contributed by atoms with van der Waals surface area (Å²) >= 11 is 1.34. The van der Waals surface area contributed by atoms with Crippen LogP contribution in [-0.2, 0) is 27.2 Å². The van der Waals surface area contributed by atoms with E-state index in [4.69, 9.17) is 15.2 Å². The first kappa shape index (κ1) is 20.8. The number of rotatable bonds is 7. The number of ether oxygens (including phenoxy) is 2. The molecule has 3 N–H and O–H groups in total. The molecule has 0 unspecified atom stereocenters. The van der Waals surface area contributed by atoms with Crippen LogP contribution in [0.2, 0.25) is 0 Å². The minimum absolute atomic E-state index is 0.303. The van der Waals surface area contributed by atoms with Crippen LogP contribution in [0.5, 0.6) is 5.75 Å². The van der Waals surface area contributed by atoms with Gasteiger partial charge in [0.2, 0.25) is 0 Å². The quantitative estimate of drug-likeness (QED) is 0.670. The zero-order valence-corrected chi connectivity index (χ0v) is 16.6. The molecule has 0 radical (unpaired) electrons. The van der Waals surface area contributed by atoms with Crippen LogP contribution < -0.4 is 15.8 Å². The smallest absolute Gasteiger partial charge is 0.344 e. The van der Waals surface area contributed by atoms with E-state index >= 15 is 0 Å². The van der Waals surface area contributed by atoms with E-state index in [2.05, 4.69) is 12.2 Å². The van der Waals surface area contributed by atoms with Crippen molar-refractivity contribution < 1.29 is 28.2 Å². The summed E-state index contributed by atoms with van der Waals surface area (Å²) in [6.45, 7) is 1.19. The Balaban J connectivity index is 1.53. The SMILES string of the molecule is C[C@@H]1CCc2c(sc(NC(=O)COC(=O)COc3ccc(F)cc3)c2C(N)=O)C1. The van der Waals surface area contributed by atoms with Gasteiger partial charge < -0.3 is 20.5 Å². The molecule has 1 atom stereocenters. The average molecular weight is 420 g/mol. The molecule has 0 spiro atoms. The van der Waals surface area contributed by atoms with Crippen molar-refractivity contribution in [2.45, 2.75) is 26.2 Å². The molecule has 1 aromatic heterocycles. The molecule has 9 heteroatoms. The monoisotopic (exact) mass is 420 g/mol. The number of anilines is 1. The number of nitrogens with one attached hydrogen (secondary N) is 1. The van der Waals surface area contributed by atoms with Crippen molar-refractivity contribution in [2.24, 2.45) is 11.7 Å². The molecule has 1 aliphatic rings. The van der Waals surface area contributed by atoms with Crippen molar-refractivity contribution in [1.82, 2.24) is 0 Å². The normalized spacial score (nSPS) is 15.3. The van der Waals surface area contributed by atoms with Crippen LogP contribution in [0.15, 0.2) is 24.3 Å². The Hall–Kier alpha value is -2.94. The second-order valence-corrected chi connectivity index (χ2v) is 7.98. The first-order valence-corrected chi connectivity index (χ1v) is 9.93. The van der Waals surface area contributed by atoms with Crippen molar-refractivity contribution in [3.05, 3.63) is 46.1 Å². The van der Waals surface area contributed by atoms with E-state index in [9.17, 15) is 18.8 Å². The predicted molar refractivity (Wildman–Crippen MR) is 106 cm³/mol. The number of carbonyl (C=O) groups excluding carboxylic acids is 3. The van der Waals surface area contributed by atoms with Gasteiger partial charge in [-0.05, 0) is 55.0 Å².